The van der Waals surface area contributed by atoms with E-state index in [9.17, 15) is 9.59 Å². The monoisotopic (exact) mass is 400 g/mol. The van der Waals surface area contributed by atoms with Crippen LogP contribution in [0, 0.1) is 6.92 Å². The molecule has 25 heavy (non-hydrogen) atoms. The van der Waals surface area contributed by atoms with Crippen molar-refractivity contribution < 1.29 is 9.59 Å². The van der Waals surface area contributed by atoms with E-state index < -0.39 is 0 Å². The van der Waals surface area contributed by atoms with Gasteiger partial charge < -0.3 is 10.2 Å². The zero-order valence-electron chi connectivity index (χ0n) is 14.2. The first-order chi connectivity index (χ1) is 12.0. The molecule has 2 aromatic carbocycles. The third-order valence-electron chi connectivity index (χ3n) is 4.58. The molecular weight excluding hydrogens is 380 g/mol. The van der Waals surface area contributed by atoms with Gasteiger partial charge in [-0.15, -0.1) is 0 Å². The third kappa shape index (κ3) is 4.28. The van der Waals surface area contributed by atoms with Gasteiger partial charge in [0.05, 0.1) is 0 Å². The van der Waals surface area contributed by atoms with Gasteiger partial charge >= 0.3 is 0 Å². The van der Waals surface area contributed by atoms with Crippen LogP contribution < -0.4 is 5.32 Å². The van der Waals surface area contributed by atoms with Crippen LogP contribution in [0.4, 0.5) is 0 Å². The van der Waals surface area contributed by atoms with Crippen LogP contribution in [0.25, 0.3) is 0 Å². The van der Waals surface area contributed by atoms with Gasteiger partial charge in [-0.2, -0.15) is 0 Å². The van der Waals surface area contributed by atoms with Crippen molar-refractivity contribution in [2.75, 3.05) is 13.1 Å². The zero-order valence-corrected chi connectivity index (χ0v) is 15.8. The largest absolute Gasteiger partial charge is 0.349 e. The number of carbonyl (C=O) groups is 2. The number of amides is 2. The van der Waals surface area contributed by atoms with E-state index in [4.69, 9.17) is 0 Å². The summed E-state index contributed by atoms with van der Waals surface area (Å²) >= 11 is 3.40. The van der Waals surface area contributed by atoms with Gasteiger partial charge in [-0.05, 0) is 49.6 Å². The first kappa shape index (κ1) is 17.7. The molecule has 0 aromatic heterocycles. The minimum Gasteiger partial charge on any atom is -0.349 e. The quantitative estimate of drug-likeness (QED) is 0.851. The first-order valence-corrected chi connectivity index (χ1v) is 9.25. The molecule has 4 nitrogen and oxygen atoms in total. The second-order valence-corrected chi connectivity index (χ2v) is 7.28. The Balaban J connectivity index is 1.56. The number of nitrogens with one attached hydrogen (secondary N) is 1. The number of halogens is 1. The summed E-state index contributed by atoms with van der Waals surface area (Å²) in [7, 11) is 0. The summed E-state index contributed by atoms with van der Waals surface area (Å²) in [4.78, 5) is 26.8. The Morgan fingerprint density at radius 3 is 2.48 bits per heavy atom. The Labute approximate surface area is 156 Å². The maximum absolute atomic E-state index is 12.6. The molecule has 0 bridgehead atoms. The zero-order chi connectivity index (χ0) is 17.8. The Hall–Kier alpha value is -2.14. The smallest absolute Gasteiger partial charge is 0.253 e. The molecule has 5 heteroatoms. The van der Waals surface area contributed by atoms with Crippen LogP contribution in [0.3, 0.4) is 0 Å². The van der Waals surface area contributed by atoms with Gasteiger partial charge in [-0.1, -0.05) is 40.2 Å². The summed E-state index contributed by atoms with van der Waals surface area (Å²) in [5.74, 6) is 0.0137. The summed E-state index contributed by atoms with van der Waals surface area (Å²) in [5, 5.41) is 3.10. The topological polar surface area (TPSA) is 49.4 Å². The second kappa shape index (κ2) is 7.83. The molecule has 1 aliphatic rings. The number of hydrogen-bond donors (Lipinski definition) is 1. The van der Waals surface area contributed by atoms with Gasteiger partial charge in [0.25, 0.3) is 11.8 Å². The van der Waals surface area contributed by atoms with Gasteiger partial charge in [0.15, 0.2) is 0 Å². The van der Waals surface area contributed by atoms with Gasteiger partial charge in [0.1, 0.15) is 0 Å². The minimum atomic E-state index is -0.0325. The van der Waals surface area contributed by atoms with Crippen molar-refractivity contribution in [2.24, 2.45) is 0 Å². The van der Waals surface area contributed by atoms with Crippen molar-refractivity contribution in [1.29, 1.82) is 0 Å². The van der Waals surface area contributed by atoms with Gasteiger partial charge in [-0.3, -0.25) is 9.59 Å². The average Bonchev–Trinajstić information content (AvgIpc) is 2.62. The maximum Gasteiger partial charge on any atom is 0.253 e. The molecule has 3 rings (SSSR count). The van der Waals surface area contributed by atoms with Crippen molar-refractivity contribution in [1.82, 2.24) is 10.2 Å². The van der Waals surface area contributed by atoms with Crippen LogP contribution in [0.15, 0.2) is 53.0 Å². The van der Waals surface area contributed by atoms with E-state index in [0.29, 0.717) is 18.7 Å². The summed E-state index contributed by atoms with van der Waals surface area (Å²) in [6.07, 6.45) is 1.55. The molecule has 0 saturated carbocycles. The predicted molar refractivity (Wildman–Crippen MR) is 102 cm³/mol. The number of benzene rings is 2. The highest BCUT2D eigenvalue weighted by molar-refractivity contribution is 9.10. The predicted octanol–water partition coefficient (Wildman–Crippen LogP) is 3.79. The Bertz CT molecular complexity index is 783. The second-order valence-electron chi connectivity index (χ2n) is 6.37. The van der Waals surface area contributed by atoms with Crippen molar-refractivity contribution in [2.45, 2.75) is 25.8 Å². The van der Waals surface area contributed by atoms with Crippen LogP contribution in [0.1, 0.15) is 39.1 Å². The molecule has 1 heterocycles. The van der Waals surface area contributed by atoms with E-state index in [-0.39, 0.29) is 17.9 Å². The normalized spacial score (nSPS) is 15.0. The van der Waals surface area contributed by atoms with Crippen LogP contribution in [0.5, 0.6) is 0 Å². The SMILES string of the molecule is Cc1ccccc1C(=O)NC1CCN(C(=O)c2cccc(Br)c2)CC1. The maximum atomic E-state index is 12.6. The van der Waals surface area contributed by atoms with E-state index in [2.05, 4.69) is 21.2 Å². The molecule has 0 atom stereocenters. The molecule has 2 amide bonds. The fraction of sp³-hybridized carbons (Fsp3) is 0.300. The molecule has 1 aliphatic heterocycles. The fourth-order valence-corrected chi connectivity index (χ4v) is 3.52. The standard InChI is InChI=1S/C20H21BrN2O2/c1-14-5-2-3-8-18(14)19(24)22-17-9-11-23(12-10-17)20(25)15-6-4-7-16(21)13-15/h2-8,13,17H,9-12H2,1H3,(H,22,24). The van der Waals surface area contributed by atoms with Gasteiger partial charge in [-0.25, -0.2) is 0 Å². The number of piperidine rings is 1. The molecular formula is C20H21BrN2O2. The first-order valence-electron chi connectivity index (χ1n) is 8.46. The van der Waals surface area contributed by atoms with Crippen LogP contribution in [0.2, 0.25) is 0 Å². The van der Waals surface area contributed by atoms with Crippen molar-refractivity contribution in [3.63, 3.8) is 0 Å². The highest BCUT2D eigenvalue weighted by Gasteiger charge is 2.25. The van der Waals surface area contributed by atoms with Crippen LogP contribution in [-0.2, 0) is 0 Å². The molecule has 1 fully saturated rings. The Kier molecular flexibility index (Phi) is 5.53. The van der Waals surface area contributed by atoms with Crippen molar-refractivity contribution >= 4 is 27.7 Å². The Morgan fingerprint density at radius 2 is 1.80 bits per heavy atom. The van der Waals surface area contributed by atoms with Crippen LogP contribution >= 0.6 is 15.9 Å². The molecule has 0 aliphatic carbocycles. The lowest BCUT2D eigenvalue weighted by Gasteiger charge is -2.32. The molecule has 0 radical (unpaired) electrons. The molecule has 2 aromatic rings. The summed E-state index contributed by atoms with van der Waals surface area (Å²) in [6.45, 7) is 3.25. The highest BCUT2D eigenvalue weighted by Crippen LogP contribution is 2.18. The number of nitrogens with zero attached hydrogens (tertiary/aromatic N) is 1. The minimum absolute atomic E-state index is 0.0325. The summed E-state index contributed by atoms with van der Waals surface area (Å²) < 4.78 is 0.902. The van der Waals surface area contributed by atoms with E-state index in [0.717, 1.165) is 28.4 Å². The lowest BCUT2D eigenvalue weighted by atomic mass is 10.0. The van der Waals surface area contributed by atoms with Crippen molar-refractivity contribution in [3.8, 4) is 0 Å². The Morgan fingerprint density at radius 1 is 1.08 bits per heavy atom. The van der Waals surface area contributed by atoms with E-state index in [1.807, 2.05) is 60.4 Å². The molecule has 1 N–H and O–H groups in total. The van der Waals surface area contributed by atoms with Gasteiger partial charge in [0, 0.05) is 34.7 Å². The summed E-state index contributed by atoms with van der Waals surface area (Å²) in [5.41, 5.74) is 2.38. The molecule has 130 valence electrons. The molecule has 0 spiro atoms. The van der Waals surface area contributed by atoms with E-state index >= 15 is 0 Å². The number of hydrogen-bond acceptors (Lipinski definition) is 2. The lowest BCUT2D eigenvalue weighted by Crippen LogP contribution is -2.46. The number of carbonyl (C=O) groups excluding carboxylic acids is 2. The number of aryl methyl sites for hydroxylation is 1. The molecule has 0 unspecified atom stereocenters. The third-order valence-corrected chi connectivity index (χ3v) is 5.07. The summed E-state index contributed by atoms with van der Waals surface area (Å²) in [6, 6.07) is 15.1. The van der Waals surface area contributed by atoms with E-state index in [1.165, 1.54) is 0 Å². The number of rotatable bonds is 3. The lowest BCUT2D eigenvalue weighted by molar-refractivity contribution is 0.0698. The number of likely N-dealkylation sites (tertiary alicyclic amines) is 1. The average molecular weight is 401 g/mol. The highest BCUT2D eigenvalue weighted by atomic mass is 79.9. The fourth-order valence-electron chi connectivity index (χ4n) is 3.12. The van der Waals surface area contributed by atoms with Gasteiger partial charge in [0.2, 0.25) is 0 Å². The van der Waals surface area contributed by atoms with E-state index in [1.54, 1.807) is 0 Å². The molecule has 1 saturated heterocycles. The van der Waals surface area contributed by atoms with Crippen LogP contribution in [-0.4, -0.2) is 35.8 Å². The van der Waals surface area contributed by atoms with Crippen molar-refractivity contribution in [3.05, 3.63) is 69.7 Å².